The molecule has 3 aromatic heterocycles. The summed E-state index contributed by atoms with van der Waals surface area (Å²) < 4.78 is 8.90. The lowest BCUT2D eigenvalue weighted by Crippen LogP contribution is -2.27. The molecule has 4 heterocycles. The first kappa shape index (κ1) is 15.7. The van der Waals surface area contributed by atoms with Crippen molar-refractivity contribution in [1.29, 1.82) is 0 Å². The molecule has 8 nitrogen and oxygen atoms in total. The number of carbonyl (C=O) groups is 1. The lowest BCUT2D eigenvalue weighted by Gasteiger charge is -2.15. The molecule has 1 atom stereocenters. The van der Waals surface area contributed by atoms with E-state index >= 15 is 0 Å². The van der Waals surface area contributed by atoms with Gasteiger partial charge in [0.05, 0.1) is 25.2 Å². The third-order valence-electron chi connectivity index (χ3n) is 4.60. The normalized spacial score (nSPS) is 17.4. The fourth-order valence-corrected chi connectivity index (χ4v) is 3.27. The third kappa shape index (κ3) is 2.65. The van der Waals surface area contributed by atoms with Crippen LogP contribution in [0.25, 0.3) is 16.8 Å². The van der Waals surface area contributed by atoms with Crippen LogP contribution >= 0.6 is 0 Å². The smallest absolute Gasteiger partial charge is 0.217 e. The van der Waals surface area contributed by atoms with Crippen molar-refractivity contribution >= 4 is 19.3 Å². The molecule has 1 aliphatic rings. The van der Waals surface area contributed by atoms with Crippen molar-refractivity contribution in [3.63, 3.8) is 0 Å². The van der Waals surface area contributed by atoms with Crippen molar-refractivity contribution in [2.24, 2.45) is 7.05 Å². The second-order valence-corrected chi connectivity index (χ2v) is 6.19. The molecule has 4 rings (SSSR count). The van der Waals surface area contributed by atoms with Gasteiger partial charge in [0.25, 0.3) is 0 Å². The third-order valence-corrected chi connectivity index (χ3v) is 4.60. The molecule has 0 aliphatic carbocycles. The number of hydrogen-bond donors (Lipinski definition) is 0. The Morgan fingerprint density at radius 2 is 2.20 bits per heavy atom. The van der Waals surface area contributed by atoms with Crippen LogP contribution in [-0.2, 0) is 7.05 Å². The Labute approximate surface area is 145 Å². The maximum absolute atomic E-state index is 11.4. The topological polar surface area (TPSA) is 77.5 Å². The van der Waals surface area contributed by atoms with Crippen LogP contribution in [-0.4, -0.2) is 63.1 Å². The number of ether oxygens (including phenoxy) is 1. The van der Waals surface area contributed by atoms with Gasteiger partial charge in [0.15, 0.2) is 11.5 Å². The number of amides is 1. The second-order valence-electron chi connectivity index (χ2n) is 6.19. The van der Waals surface area contributed by atoms with Gasteiger partial charge in [-0.2, -0.15) is 14.7 Å². The van der Waals surface area contributed by atoms with E-state index in [2.05, 4.69) is 10.2 Å². The number of nitrogens with zero attached hydrogens (tertiary/aromatic N) is 6. The van der Waals surface area contributed by atoms with Gasteiger partial charge in [0.2, 0.25) is 13.7 Å². The predicted octanol–water partition coefficient (Wildman–Crippen LogP) is 1.22. The molecule has 3 aromatic rings. The Morgan fingerprint density at radius 1 is 1.36 bits per heavy atom. The van der Waals surface area contributed by atoms with Gasteiger partial charge in [0.1, 0.15) is 0 Å². The number of carbonyl (C=O) groups excluding carboxylic acids is 1. The van der Waals surface area contributed by atoms with Gasteiger partial charge in [0, 0.05) is 49.4 Å². The van der Waals surface area contributed by atoms with Gasteiger partial charge in [-0.05, 0) is 6.42 Å². The maximum atomic E-state index is 11.4. The molecule has 1 aliphatic heterocycles. The molecule has 1 saturated heterocycles. The summed E-state index contributed by atoms with van der Waals surface area (Å²) in [7, 11) is 8.86. The molecule has 2 radical (unpaired) electrons. The predicted molar refractivity (Wildman–Crippen MR) is 91.8 cm³/mol. The maximum Gasteiger partial charge on any atom is 0.217 e. The van der Waals surface area contributed by atoms with E-state index in [0.29, 0.717) is 24.6 Å². The Hall–Kier alpha value is -2.84. The van der Waals surface area contributed by atoms with Crippen LogP contribution in [0.3, 0.4) is 0 Å². The van der Waals surface area contributed by atoms with Crippen LogP contribution in [0.1, 0.15) is 18.0 Å². The first-order valence-electron chi connectivity index (χ1n) is 8.03. The molecular weight excluding hydrogens is 319 g/mol. The van der Waals surface area contributed by atoms with Crippen LogP contribution in [0.4, 0.5) is 4.79 Å². The molecule has 1 fully saturated rings. The largest absolute Gasteiger partial charge is 0.481 e. The van der Waals surface area contributed by atoms with Gasteiger partial charge >= 0.3 is 0 Å². The van der Waals surface area contributed by atoms with Crippen LogP contribution in [0.5, 0.6) is 5.88 Å². The molecule has 0 saturated carbocycles. The average molecular weight is 336 g/mol. The fourth-order valence-electron chi connectivity index (χ4n) is 3.27. The molecule has 1 amide bonds. The molecule has 25 heavy (non-hydrogen) atoms. The summed E-state index contributed by atoms with van der Waals surface area (Å²) in [6.45, 7) is 1.21. The molecule has 1 unspecified atom stereocenters. The molecule has 0 bridgehead atoms. The van der Waals surface area contributed by atoms with Gasteiger partial charge in [-0.25, -0.2) is 4.98 Å². The first-order chi connectivity index (χ1) is 12.1. The number of aryl methyl sites for hydroxylation is 1. The van der Waals surface area contributed by atoms with Gasteiger partial charge < -0.3 is 9.64 Å². The zero-order valence-corrected chi connectivity index (χ0v) is 14.1. The Balaban J connectivity index is 1.80. The minimum absolute atomic E-state index is 0.128. The van der Waals surface area contributed by atoms with Crippen LogP contribution < -0.4 is 4.74 Å². The highest BCUT2D eigenvalue weighted by Gasteiger charge is 2.27. The highest BCUT2D eigenvalue weighted by atomic mass is 16.5. The summed E-state index contributed by atoms with van der Waals surface area (Å²) >= 11 is 0. The fraction of sp³-hybridized carbons (Fsp3) is 0.375. The Bertz CT molecular complexity index is 949. The number of likely N-dealkylation sites (tertiary alicyclic amines) is 1. The number of hydrogen-bond acceptors (Lipinski definition) is 5. The molecule has 0 N–H and O–H groups in total. The second kappa shape index (κ2) is 5.91. The van der Waals surface area contributed by atoms with E-state index in [1.165, 1.54) is 0 Å². The standard InChI is InChI=1S/C16H17BN6O2/c1-21-8-11(6-18-21)12-7-19-23-14(25-2)5-13(20-15(12)23)10-3-4-22(9-10)16(17)24/h5-8,10H,3-4,9H2,1-2H3. The quantitative estimate of drug-likeness (QED) is 0.672. The van der Waals surface area contributed by atoms with E-state index in [-0.39, 0.29) is 5.92 Å². The van der Waals surface area contributed by atoms with Crippen LogP contribution in [0.15, 0.2) is 24.7 Å². The summed E-state index contributed by atoms with van der Waals surface area (Å²) in [5, 5.41) is 8.61. The molecule has 0 spiro atoms. The van der Waals surface area contributed by atoms with E-state index < -0.39 is 5.81 Å². The highest BCUT2D eigenvalue weighted by Crippen LogP contribution is 2.31. The highest BCUT2D eigenvalue weighted by molar-refractivity contribution is 6.56. The summed E-state index contributed by atoms with van der Waals surface area (Å²) in [5.41, 5.74) is 3.41. The van der Waals surface area contributed by atoms with Crippen molar-refractivity contribution in [3.8, 4) is 17.0 Å². The van der Waals surface area contributed by atoms with Crippen LogP contribution in [0.2, 0.25) is 0 Å². The average Bonchev–Trinajstić information content (AvgIpc) is 3.32. The molecule has 9 heteroatoms. The summed E-state index contributed by atoms with van der Waals surface area (Å²) in [6.07, 6.45) is 6.28. The molecular formula is C16H17BN6O2. The number of fused-ring (bicyclic) bond motifs is 1. The lowest BCUT2D eigenvalue weighted by molar-refractivity contribution is 0.231. The van der Waals surface area contributed by atoms with Crippen molar-refractivity contribution < 1.29 is 9.53 Å². The summed E-state index contributed by atoms with van der Waals surface area (Å²) in [4.78, 5) is 17.8. The number of aromatic nitrogens is 5. The van der Waals surface area contributed by atoms with E-state index in [9.17, 15) is 4.79 Å². The van der Waals surface area contributed by atoms with Crippen LogP contribution in [0, 0.1) is 0 Å². The van der Waals surface area contributed by atoms with E-state index in [4.69, 9.17) is 17.6 Å². The number of methoxy groups -OCH3 is 1. The summed E-state index contributed by atoms with van der Waals surface area (Å²) in [5.74, 6) is 0.339. The monoisotopic (exact) mass is 336 g/mol. The van der Waals surface area contributed by atoms with Crippen molar-refractivity contribution in [2.45, 2.75) is 12.3 Å². The van der Waals surface area contributed by atoms with Gasteiger partial charge in [-0.1, -0.05) is 0 Å². The lowest BCUT2D eigenvalue weighted by atomic mass is 10.0. The van der Waals surface area contributed by atoms with Crippen molar-refractivity contribution in [1.82, 2.24) is 29.3 Å². The van der Waals surface area contributed by atoms with Crippen molar-refractivity contribution in [2.75, 3.05) is 20.2 Å². The zero-order chi connectivity index (χ0) is 17.6. The molecule has 126 valence electrons. The van der Waals surface area contributed by atoms with Gasteiger partial charge in [-0.15, -0.1) is 0 Å². The number of rotatable bonds is 3. The zero-order valence-electron chi connectivity index (χ0n) is 14.1. The van der Waals surface area contributed by atoms with E-state index in [1.54, 1.807) is 33.6 Å². The Morgan fingerprint density at radius 3 is 2.84 bits per heavy atom. The first-order valence-corrected chi connectivity index (χ1v) is 8.03. The van der Waals surface area contributed by atoms with Gasteiger partial charge in [-0.3, -0.25) is 9.48 Å². The molecule has 0 aromatic carbocycles. The minimum Gasteiger partial charge on any atom is -0.481 e. The minimum atomic E-state index is -0.393. The van der Waals surface area contributed by atoms with E-state index in [0.717, 1.165) is 23.2 Å². The Kier molecular flexibility index (Phi) is 3.71. The van der Waals surface area contributed by atoms with Crippen molar-refractivity contribution in [3.05, 3.63) is 30.4 Å². The van der Waals surface area contributed by atoms with E-state index in [1.807, 2.05) is 19.3 Å². The SMILES string of the molecule is [B]C(=O)N1CCC(c2cc(OC)n3ncc(-c4cnn(C)c4)c3n2)C1. The summed E-state index contributed by atoms with van der Waals surface area (Å²) in [6, 6.07) is 1.88.